The lowest BCUT2D eigenvalue weighted by Crippen LogP contribution is -2.52. The number of carbonyl (C=O) groups excluding carboxylic acids is 1. The molecule has 0 unspecified atom stereocenters. The summed E-state index contributed by atoms with van der Waals surface area (Å²) in [6, 6.07) is 12.2. The quantitative estimate of drug-likeness (QED) is 0.884. The number of hydrogen-bond donors (Lipinski definition) is 2. The van der Waals surface area contributed by atoms with Gasteiger partial charge in [-0.3, -0.25) is 9.78 Å². The van der Waals surface area contributed by atoms with Gasteiger partial charge >= 0.3 is 0 Å². The van der Waals surface area contributed by atoms with E-state index in [2.05, 4.69) is 15.1 Å². The maximum absolute atomic E-state index is 12.6. The van der Waals surface area contributed by atoms with Crippen LogP contribution in [0.4, 0.5) is 5.69 Å². The molecule has 0 bridgehead atoms. The molecule has 22 heavy (non-hydrogen) atoms. The van der Waals surface area contributed by atoms with Crippen LogP contribution in [0.5, 0.6) is 0 Å². The topological polar surface area (TPSA) is 91.4 Å². The summed E-state index contributed by atoms with van der Waals surface area (Å²) in [6.45, 7) is 0. The Morgan fingerprint density at radius 1 is 1.18 bits per heavy atom. The number of nitrogens with zero attached hydrogens (tertiary/aromatic N) is 2. The van der Waals surface area contributed by atoms with Gasteiger partial charge in [0.25, 0.3) is 5.91 Å². The Bertz CT molecular complexity index is 808. The summed E-state index contributed by atoms with van der Waals surface area (Å²) < 4.78 is 23.2. The van der Waals surface area contributed by atoms with E-state index in [4.69, 9.17) is 0 Å². The van der Waals surface area contributed by atoms with Crippen LogP contribution in [0.15, 0.2) is 48.7 Å². The van der Waals surface area contributed by atoms with Crippen molar-refractivity contribution in [2.75, 3.05) is 11.6 Å². The van der Waals surface area contributed by atoms with Gasteiger partial charge in [-0.15, -0.1) is 4.83 Å². The number of anilines is 1. The van der Waals surface area contributed by atoms with Crippen LogP contribution in [0, 0.1) is 0 Å². The molecule has 7 nitrogen and oxygen atoms in total. The van der Waals surface area contributed by atoms with Gasteiger partial charge in [-0.05, 0) is 24.3 Å². The number of amides is 1. The fourth-order valence-electron chi connectivity index (χ4n) is 2.27. The number of hydrazine groups is 1. The Balaban J connectivity index is 2.08. The molecule has 1 aromatic heterocycles. The number of rotatable bonds is 3. The van der Waals surface area contributed by atoms with Crippen LogP contribution in [0.25, 0.3) is 0 Å². The largest absolute Gasteiger partial charge is 0.358 e. The molecule has 1 aromatic carbocycles. The molecule has 3 rings (SSSR count). The van der Waals surface area contributed by atoms with Crippen molar-refractivity contribution in [3.05, 3.63) is 59.9 Å². The van der Waals surface area contributed by atoms with Crippen molar-refractivity contribution in [2.24, 2.45) is 0 Å². The van der Waals surface area contributed by atoms with Crippen LogP contribution in [-0.4, -0.2) is 30.6 Å². The monoisotopic (exact) mass is 318 g/mol. The Labute approximate surface area is 128 Å². The summed E-state index contributed by atoms with van der Waals surface area (Å²) >= 11 is 0. The van der Waals surface area contributed by atoms with E-state index >= 15 is 0 Å². The van der Waals surface area contributed by atoms with E-state index in [1.165, 1.54) is 0 Å². The Morgan fingerprint density at radius 3 is 2.59 bits per heavy atom. The third kappa shape index (κ3) is 2.78. The van der Waals surface area contributed by atoms with E-state index in [9.17, 15) is 13.2 Å². The molecule has 0 saturated carbocycles. The van der Waals surface area contributed by atoms with E-state index in [1.54, 1.807) is 48.7 Å². The lowest BCUT2D eigenvalue weighted by Gasteiger charge is -2.36. The Kier molecular flexibility index (Phi) is 3.55. The molecule has 114 valence electrons. The lowest BCUT2D eigenvalue weighted by atomic mass is 10.1. The molecule has 0 fully saturated rings. The first-order valence-electron chi connectivity index (χ1n) is 6.53. The Morgan fingerprint density at radius 2 is 1.91 bits per heavy atom. The van der Waals surface area contributed by atoms with Crippen LogP contribution in [0.1, 0.15) is 22.2 Å². The molecule has 0 radical (unpaired) electrons. The molecular formula is C14H14N4O3S. The number of hydrogen-bond acceptors (Lipinski definition) is 5. The van der Waals surface area contributed by atoms with Crippen molar-refractivity contribution >= 4 is 21.6 Å². The van der Waals surface area contributed by atoms with E-state index in [-0.39, 0.29) is 0 Å². The second-order valence-corrected chi connectivity index (χ2v) is 6.61. The number of carbonyl (C=O) groups is 1. The number of benzene rings is 1. The van der Waals surface area contributed by atoms with Crippen LogP contribution >= 0.6 is 0 Å². The molecule has 1 atom stereocenters. The van der Waals surface area contributed by atoms with Crippen LogP contribution in [0.3, 0.4) is 0 Å². The predicted octanol–water partition coefficient (Wildman–Crippen LogP) is 1.11. The van der Waals surface area contributed by atoms with Gasteiger partial charge in [0.1, 0.15) is 0 Å². The van der Waals surface area contributed by atoms with Crippen molar-refractivity contribution < 1.29 is 13.2 Å². The summed E-state index contributed by atoms with van der Waals surface area (Å²) in [5.74, 6) is -0.435. The molecule has 8 heteroatoms. The SMILES string of the molecule is CS(=O)(=O)NN1C(=O)c2ccccc2N[C@H]1c1ccccn1. The van der Waals surface area contributed by atoms with Gasteiger partial charge in [-0.2, -0.15) is 0 Å². The van der Waals surface area contributed by atoms with Crippen LogP contribution in [-0.2, 0) is 10.0 Å². The fourth-order valence-corrected chi connectivity index (χ4v) is 2.82. The zero-order chi connectivity index (χ0) is 15.7. The number of nitrogens with one attached hydrogen (secondary N) is 2. The second-order valence-electron chi connectivity index (χ2n) is 4.89. The highest BCUT2D eigenvalue weighted by Crippen LogP contribution is 2.30. The zero-order valence-electron chi connectivity index (χ0n) is 11.7. The van der Waals surface area contributed by atoms with Gasteiger partial charge in [0, 0.05) is 11.9 Å². The number of sulfonamides is 1. The predicted molar refractivity (Wildman–Crippen MR) is 81.2 cm³/mol. The van der Waals surface area contributed by atoms with E-state index in [0.717, 1.165) is 11.3 Å². The summed E-state index contributed by atoms with van der Waals surface area (Å²) in [6.07, 6.45) is 1.86. The number of para-hydroxylation sites is 1. The molecule has 0 spiro atoms. The summed E-state index contributed by atoms with van der Waals surface area (Å²) in [5, 5.41) is 4.17. The maximum Gasteiger partial charge on any atom is 0.273 e. The van der Waals surface area contributed by atoms with Gasteiger partial charge in [-0.1, -0.05) is 18.2 Å². The number of aromatic nitrogens is 1. The highest BCUT2D eigenvalue weighted by Gasteiger charge is 2.35. The number of pyridine rings is 1. The minimum absolute atomic E-state index is 0.394. The molecule has 2 heterocycles. The summed E-state index contributed by atoms with van der Waals surface area (Å²) in [7, 11) is -3.61. The van der Waals surface area contributed by atoms with Gasteiger partial charge in [0.2, 0.25) is 10.0 Å². The lowest BCUT2D eigenvalue weighted by molar-refractivity contribution is 0.0629. The molecule has 0 saturated heterocycles. The average molecular weight is 318 g/mol. The maximum atomic E-state index is 12.6. The molecule has 1 aliphatic heterocycles. The molecule has 1 aliphatic rings. The first-order chi connectivity index (χ1) is 10.5. The summed E-state index contributed by atoms with van der Waals surface area (Å²) in [4.78, 5) is 19.1. The first kappa shape index (κ1) is 14.5. The standard InChI is InChI=1S/C14H14N4O3S/c1-22(20,21)17-18-13(12-8-4-5-9-15-12)16-11-7-3-2-6-10(11)14(18)19/h2-9,13,16-17H,1H3/t13-/m1/s1. The summed E-state index contributed by atoms with van der Waals surface area (Å²) in [5.41, 5.74) is 1.56. The van der Waals surface area contributed by atoms with Crippen molar-refractivity contribution in [3.8, 4) is 0 Å². The third-order valence-corrected chi connectivity index (χ3v) is 3.69. The van der Waals surface area contributed by atoms with Crippen LogP contribution < -0.4 is 10.1 Å². The van der Waals surface area contributed by atoms with Crippen molar-refractivity contribution in [2.45, 2.75) is 6.17 Å². The van der Waals surface area contributed by atoms with Crippen molar-refractivity contribution in [1.29, 1.82) is 0 Å². The second kappa shape index (κ2) is 5.39. The molecular weight excluding hydrogens is 304 g/mol. The minimum atomic E-state index is -3.61. The van der Waals surface area contributed by atoms with Crippen molar-refractivity contribution in [3.63, 3.8) is 0 Å². The zero-order valence-corrected chi connectivity index (χ0v) is 12.5. The highest BCUT2D eigenvalue weighted by atomic mass is 32.2. The minimum Gasteiger partial charge on any atom is -0.358 e. The molecule has 2 N–H and O–H groups in total. The Hall–Kier alpha value is -2.45. The molecule has 1 amide bonds. The first-order valence-corrected chi connectivity index (χ1v) is 8.42. The third-order valence-electron chi connectivity index (χ3n) is 3.16. The van der Waals surface area contributed by atoms with E-state index < -0.39 is 22.1 Å². The van der Waals surface area contributed by atoms with E-state index in [0.29, 0.717) is 16.9 Å². The normalized spacial score (nSPS) is 17.8. The van der Waals surface area contributed by atoms with E-state index in [1.807, 2.05) is 0 Å². The highest BCUT2D eigenvalue weighted by molar-refractivity contribution is 7.88. The van der Waals surface area contributed by atoms with Crippen LogP contribution in [0.2, 0.25) is 0 Å². The fraction of sp³-hybridized carbons (Fsp3) is 0.143. The van der Waals surface area contributed by atoms with Gasteiger partial charge in [0.05, 0.1) is 17.5 Å². The van der Waals surface area contributed by atoms with Gasteiger partial charge in [-0.25, -0.2) is 13.4 Å². The molecule has 2 aromatic rings. The van der Waals surface area contributed by atoms with Crippen molar-refractivity contribution in [1.82, 2.24) is 14.8 Å². The van der Waals surface area contributed by atoms with Gasteiger partial charge in [0.15, 0.2) is 6.17 Å². The van der Waals surface area contributed by atoms with Gasteiger partial charge < -0.3 is 5.32 Å². The average Bonchev–Trinajstić information content (AvgIpc) is 2.50. The molecule has 0 aliphatic carbocycles. The smallest absolute Gasteiger partial charge is 0.273 e. The number of fused-ring (bicyclic) bond motifs is 1.